The Hall–Kier alpha value is -2.01. The fourth-order valence-corrected chi connectivity index (χ4v) is 3.71. The Balaban J connectivity index is 1.81. The lowest BCUT2D eigenvalue weighted by molar-refractivity contribution is 0.103. The Bertz CT molecular complexity index is 655. The van der Waals surface area contributed by atoms with E-state index in [1.807, 2.05) is 6.07 Å². The van der Waals surface area contributed by atoms with E-state index in [0.717, 1.165) is 17.7 Å². The van der Waals surface area contributed by atoms with E-state index in [2.05, 4.69) is 5.32 Å². The third-order valence-electron chi connectivity index (χ3n) is 3.73. The van der Waals surface area contributed by atoms with Crippen molar-refractivity contribution in [3.05, 3.63) is 39.6 Å². The van der Waals surface area contributed by atoms with E-state index < -0.39 is 0 Å². The minimum atomic E-state index is -0.102. The van der Waals surface area contributed by atoms with Crippen LogP contribution in [0.5, 0.6) is 5.75 Å². The number of fused-ring (bicyclic) bond motifs is 1. The normalized spacial score (nSPS) is 13.6. The van der Waals surface area contributed by atoms with Crippen LogP contribution in [-0.2, 0) is 12.8 Å². The van der Waals surface area contributed by atoms with Crippen molar-refractivity contribution in [1.82, 2.24) is 0 Å². The van der Waals surface area contributed by atoms with Crippen LogP contribution in [0.4, 0.5) is 11.4 Å². The minimum Gasteiger partial charge on any atom is -0.497 e. The van der Waals surface area contributed by atoms with Crippen molar-refractivity contribution in [3.63, 3.8) is 0 Å². The van der Waals surface area contributed by atoms with Crippen molar-refractivity contribution in [1.29, 1.82) is 0 Å². The zero-order valence-electron chi connectivity index (χ0n) is 11.9. The molecule has 0 bridgehead atoms. The highest BCUT2D eigenvalue weighted by Gasteiger charge is 2.18. The first-order valence-electron chi connectivity index (χ1n) is 7.04. The summed E-state index contributed by atoms with van der Waals surface area (Å²) >= 11 is 1.59. The number of methoxy groups -OCH3 is 1. The number of carbonyl (C=O) groups excluding carboxylic acids is 1. The molecular weight excluding hydrogens is 284 g/mol. The van der Waals surface area contributed by atoms with Gasteiger partial charge >= 0.3 is 0 Å². The van der Waals surface area contributed by atoms with Crippen LogP contribution >= 0.6 is 11.3 Å². The first kappa shape index (κ1) is 13.9. The number of amides is 1. The molecular formula is C16H18N2O2S. The zero-order valence-corrected chi connectivity index (χ0v) is 12.8. The van der Waals surface area contributed by atoms with Crippen molar-refractivity contribution in [2.45, 2.75) is 25.7 Å². The van der Waals surface area contributed by atoms with E-state index in [4.69, 9.17) is 10.5 Å². The van der Waals surface area contributed by atoms with Crippen LogP contribution in [0.25, 0.3) is 0 Å². The molecule has 5 heteroatoms. The number of anilines is 2. The van der Waals surface area contributed by atoms with Crippen LogP contribution in [0.2, 0.25) is 0 Å². The van der Waals surface area contributed by atoms with E-state index in [9.17, 15) is 4.79 Å². The number of aryl methyl sites for hydroxylation is 2. The van der Waals surface area contributed by atoms with Gasteiger partial charge in [0, 0.05) is 10.9 Å². The lowest BCUT2D eigenvalue weighted by Crippen LogP contribution is -2.11. The molecule has 1 aromatic carbocycles. The fraction of sp³-hybridized carbons (Fsp3) is 0.312. The molecule has 110 valence electrons. The number of nitrogens with two attached hydrogens (primary N) is 1. The number of carbonyl (C=O) groups is 1. The molecule has 3 N–H and O–H groups in total. The highest BCUT2D eigenvalue weighted by Crippen LogP contribution is 2.31. The second-order valence-corrected chi connectivity index (χ2v) is 6.31. The molecule has 0 saturated heterocycles. The predicted octanol–water partition coefficient (Wildman–Crippen LogP) is 3.47. The zero-order chi connectivity index (χ0) is 14.8. The monoisotopic (exact) mass is 302 g/mol. The molecule has 0 unspecified atom stereocenters. The number of nitrogens with one attached hydrogen (secondary N) is 1. The summed E-state index contributed by atoms with van der Waals surface area (Å²) in [5.41, 5.74) is 8.35. The molecule has 0 radical (unpaired) electrons. The lowest BCUT2D eigenvalue weighted by atomic mass is 9.99. The van der Waals surface area contributed by atoms with E-state index in [1.165, 1.54) is 23.3 Å². The van der Waals surface area contributed by atoms with Gasteiger partial charge in [-0.2, -0.15) is 0 Å². The molecule has 0 saturated carbocycles. The second kappa shape index (κ2) is 5.77. The molecule has 1 aromatic heterocycles. The first-order chi connectivity index (χ1) is 10.2. The van der Waals surface area contributed by atoms with Crippen molar-refractivity contribution in [2.75, 3.05) is 18.2 Å². The summed E-state index contributed by atoms with van der Waals surface area (Å²) in [4.78, 5) is 14.5. The number of hydrogen-bond acceptors (Lipinski definition) is 4. The fourth-order valence-electron chi connectivity index (χ4n) is 2.56. The van der Waals surface area contributed by atoms with E-state index in [1.54, 1.807) is 36.6 Å². The van der Waals surface area contributed by atoms with Crippen molar-refractivity contribution in [2.24, 2.45) is 0 Å². The average molecular weight is 302 g/mol. The van der Waals surface area contributed by atoms with Gasteiger partial charge in [0.05, 0.1) is 23.4 Å². The quantitative estimate of drug-likeness (QED) is 0.853. The summed E-state index contributed by atoms with van der Waals surface area (Å²) < 4.78 is 5.16. The summed E-state index contributed by atoms with van der Waals surface area (Å²) in [5, 5.41) is 2.88. The molecule has 3 rings (SSSR count). The second-order valence-electron chi connectivity index (χ2n) is 5.17. The molecule has 1 heterocycles. The minimum absolute atomic E-state index is 0.102. The summed E-state index contributed by atoms with van der Waals surface area (Å²) in [7, 11) is 1.59. The van der Waals surface area contributed by atoms with Gasteiger partial charge < -0.3 is 15.8 Å². The number of benzene rings is 1. The van der Waals surface area contributed by atoms with Gasteiger partial charge in [0.15, 0.2) is 0 Å². The smallest absolute Gasteiger partial charge is 0.265 e. The van der Waals surface area contributed by atoms with Crippen LogP contribution < -0.4 is 15.8 Å². The number of nitrogen functional groups attached to an aromatic ring is 1. The van der Waals surface area contributed by atoms with Gasteiger partial charge in [-0.25, -0.2) is 0 Å². The number of rotatable bonds is 3. The molecule has 0 spiro atoms. The van der Waals surface area contributed by atoms with Crippen molar-refractivity contribution in [3.8, 4) is 5.75 Å². The van der Waals surface area contributed by atoms with Crippen LogP contribution in [0, 0.1) is 0 Å². The van der Waals surface area contributed by atoms with Gasteiger partial charge in [0.1, 0.15) is 5.75 Å². The summed E-state index contributed by atoms with van der Waals surface area (Å²) in [6.45, 7) is 0. The van der Waals surface area contributed by atoms with Gasteiger partial charge in [-0.15, -0.1) is 11.3 Å². The Labute approximate surface area is 127 Å². The van der Waals surface area contributed by atoms with Crippen LogP contribution in [0.15, 0.2) is 24.3 Å². The number of thiophene rings is 1. The summed E-state index contributed by atoms with van der Waals surface area (Å²) in [6.07, 6.45) is 4.61. The molecule has 1 amide bonds. The summed E-state index contributed by atoms with van der Waals surface area (Å²) in [6, 6.07) is 7.26. The SMILES string of the molecule is COc1ccc(N)c(NC(=O)c2cc3c(s2)CCCC3)c1. The van der Waals surface area contributed by atoms with Gasteiger partial charge in [0.2, 0.25) is 0 Å². The largest absolute Gasteiger partial charge is 0.497 e. The van der Waals surface area contributed by atoms with Gasteiger partial charge in [0.25, 0.3) is 5.91 Å². The van der Waals surface area contributed by atoms with Crippen molar-refractivity contribution < 1.29 is 9.53 Å². The standard InChI is InChI=1S/C16H18N2O2S/c1-20-11-6-7-12(17)13(9-11)18-16(19)15-8-10-4-2-3-5-14(10)21-15/h6-9H,2-5,17H2,1H3,(H,18,19). The van der Waals surface area contributed by atoms with Gasteiger partial charge in [-0.05, 0) is 49.4 Å². The van der Waals surface area contributed by atoms with Crippen molar-refractivity contribution >= 4 is 28.6 Å². The van der Waals surface area contributed by atoms with Crippen LogP contribution in [-0.4, -0.2) is 13.0 Å². The maximum absolute atomic E-state index is 12.4. The third-order valence-corrected chi connectivity index (χ3v) is 4.96. The Kier molecular flexibility index (Phi) is 3.84. The highest BCUT2D eigenvalue weighted by atomic mass is 32.1. The number of hydrogen-bond donors (Lipinski definition) is 2. The molecule has 1 aliphatic carbocycles. The molecule has 0 aliphatic heterocycles. The average Bonchev–Trinajstić information content (AvgIpc) is 2.93. The maximum atomic E-state index is 12.4. The Morgan fingerprint density at radius 1 is 1.29 bits per heavy atom. The molecule has 1 aliphatic rings. The first-order valence-corrected chi connectivity index (χ1v) is 7.85. The molecule has 21 heavy (non-hydrogen) atoms. The molecule has 4 nitrogen and oxygen atoms in total. The Morgan fingerprint density at radius 2 is 2.10 bits per heavy atom. The predicted molar refractivity (Wildman–Crippen MR) is 86.3 cm³/mol. The Morgan fingerprint density at radius 3 is 2.86 bits per heavy atom. The van der Waals surface area contributed by atoms with Crippen LogP contribution in [0.3, 0.4) is 0 Å². The van der Waals surface area contributed by atoms with Gasteiger partial charge in [-0.3, -0.25) is 4.79 Å². The number of ether oxygens (including phenoxy) is 1. The summed E-state index contributed by atoms with van der Waals surface area (Å²) in [5.74, 6) is 0.569. The molecule has 0 fully saturated rings. The molecule has 2 aromatic rings. The molecule has 0 atom stereocenters. The van der Waals surface area contributed by atoms with Crippen LogP contribution in [0.1, 0.15) is 33.0 Å². The van der Waals surface area contributed by atoms with E-state index in [0.29, 0.717) is 17.1 Å². The van der Waals surface area contributed by atoms with Gasteiger partial charge in [-0.1, -0.05) is 0 Å². The highest BCUT2D eigenvalue weighted by molar-refractivity contribution is 7.14. The third kappa shape index (κ3) is 2.88. The lowest BCUT2D eigenvalue weighted by Gasteiger charge is -2.09. The van der Waals surface area contributed by atoms with E-state index >= 15 is 0 Å². The topological polar surface area (TPSA) is 64.3 Å². The maximum Gasteiger partial charge on any atom is 0.265 e. The van der Waals surface area contributed by atoms with E-state index in [-0.39, 0.29) is 5.91 Å².